The van der Waals surface area contributed by atoms with Crippen molar-refractivity contribution < 1.29 is 14.7 Å². The zero-order chi connectivity index (χ0) is 14.7. The molecule has 0 spiro atoms. The third kappa shape index (κ3) is 3.56. The predicted octanol–water partition coefficient (Wildman–Crippen LogP) is 2.64. The summed E-state index contributed by atoms with van der Waals surface area (Å²) in [7, 11) is 0. The van der Waals surface area contributed by atoms with Crippen LogP contribution in [0.3, 0.4) is 0 Å². The van der Waals surface area contributed by atoms with E-state index in [1.807, 2.05) is 13.8 Å². The molecular formula is C14H20N2O3S. The van der Waals surface area contributed by atoms with Gasteiger partial charge in [0.1, 0.15) is 5.69 Å². The minimum Gasteiger partial charge on any atom is -0.481 e. The molecule has 0 atom stereocenters. The molecule has 0 radical (unpaired) electrons. The number of aliphatic carboxylic acids is 1. The van der Waals surface area contributed by atoms with Crippen LogP contribution >= 0.6 is 11.3 Å². The Kier molecular flexibility index (Phi) is 4.75. The largest absolute Gasteiger partial charge is 0.481 e. The maximum Gasteiger partial charge on any atom is 0.306 e. The van der Waals surface area contributed by atoms with E-state index in [4.69, 9.17) is 5.11 Å². The fourth-order valence-corrected chi connectivity index (χ4v) is 3.22. The smallest absolute Gasteiger partial charge is 0.306 e. The Hall–Kier alpha value is -1.43. The molecule has 110 valence electrons. The van der Waals surface area contributed by atoms with Gasteiger partial charge in [-0.2, -0.15) is 0 Å². The summed E-state index contributed by atoms with van der Waals surface area (Å²) in [5.41, 5.74) is 0.471. The molecular weight excluding hydrogens is 276 g/mol. The van der Waals surface area contributed by atoms with Gasteiger partial charge in [-0.15, -0.1) is 11.3 Å². The van der Waals surface area contributed by atoms with Gasteiger partial charge in [0.2, 0.25) is 0 Å². The molecule has 0 saturated heterocycles. The van der Waals surface area contributed by atoms with Gasteiger partial charge in [0.15, 0.2) is 0 Å². The van der Waals surface area contributed by atoms with E-state index in [0.717, 1.165) is 17.8 Å². The van der Waals surface area contributed by atoms with Crippen LogP contribution in [0.2, 0.25) is 0 Å². The Bertz CT molecular complexity index is 490. The van der Waals surface area contributed by atoms with Crippen LogP contribution in [-0.4, -0.2) is 28.0 Å². The average molecular weight is 296 g/mol. The number of nitrogens with zero attached hydrogens (tertiary/aromatic N) is 1. The standard InChI is InChI=1S/C14H20N2O3S/c1-8(2)13-16-11(7-20-13)12(17)15-10-5-3-9(4-6-10)14(18)19/h7-10H,3-6H2,1-2H3,(H,15,17)(H,18,19). The summed E-state index contributed by atoms with van der Waals surface area (Å²) in [5, 5.41) is 14.7. The molecule has 1 aromatic rings. The van der Waals surface area contributed by atoms with Gasteiger partial charge in [0.25, 0.3) is 5.91 Å². The molecule has 1 aromatic heterocycles. The Morgan fingerprint density at radius 2 is 2.00 bits per heavy atom. The minimum absolute atomic E-state index is 0.0716. The van der Waals surface area contributed by atoms with Gasteiger partial charge in [-0.3, -0.25) is 9.59 Å². The molecule has 1 fully saturated rings. The molecule has 2 N–H and O–H groups in total. The van der Waals surface area contributed by atoms with Crippen LogP contribution in [-0.2, 0) is 4.79 Å². The van der Waals surface area contributed by atoms with Crippen molar-refractivity contribution >= 4 is 23.2 Å². The van der Waals surface area contributed by atoms with Crippen molar-refractivity contribution in [3.8, 4) is 0 Å². The highest BCUT2D eigenvalue weighted by Crippen LogP contribution is 2.25. The highest BCUT2D eigenvalue weighted by molar-refractivity contribution is 7.09. The molecule has 0 bridgehead atoms. The van der Waals surface area contributed by atoms with Gasteiger partial charge in [0, 0.05) is 17.3 Å². The number of carbonyl (C=O) groups is 2. The van der Waals surface area contributed by atoms with Gasteiger partial charge in [0.05, 0.1) is 10.9 Å². The normalized spacial score (nSPS) is 22.8. The molecule has 5 nitrogen and oxygen atoms in total. The van der Waals surface area contributed by atoms with Crippen LogP contribution in [0.4, 0.5) is 0 Å². The summed E-state index contributed by atoms with van der Waals surface area (Å²) in [6.07, 6.45) is 2.72. The Labute approximate surface area is 122 Å². The Morgan fingerprint density at radius 3 is 2.50 bits per heavy atom. The molecule has 1 saturated carbocycles. The minimum atomic E-state index is -0.726. The van der Waals surface area contributed by atoms with Crippen molar-refractivity contribution in [2.45, 2.75) is 51.5 Å². The quantitative estimate of drug-likeness (QED) is 0.895. The first-order chi connectivity index (χ1) is 9.47. The van der Waals surface area contributed by atoms with Crippen LogP contribution in [0.1, 0.15) is 60.9 Å². The van der Waals surface area contributed by atoms with Crippen LogP contribution in [0.25, 0.3) is 0 Å². The van der Waals surface area contributed by atoms with E-state index in [1.54, 1.807) is 5.38 Å². The second-order valence-electron chi connectivity index (χ2n) is 5.59. The van der Waals surface area contributed by atoms with Crippen molar-refractivity contribution in [1.29, 1.82) is 0 Å². The van der Waals surface area contributed by atoms with Crippen LogP contribution in [0.15, 0.2) is 5.38 Å². The summed E-state index contributed by atoms with van der Waals surface area (Å²) in [6, 6.07) is 0.0716. The third-order valence-electron chi connectivity index (χ3n) is 3.66. The Morgan fingerprint density at radius 1 is 1.35 bits per heavy atom. The van der Waals surface area contributed by atoms with E-state index in [2.05, 4.69) is 10.3 Å². The van der Waals surface area contributed by atoms with E-state index < -0.39 is 5.97 Å². The number of carboxylic acids is 1. The monoisotopic (exact) mass is 296 g/mol. The van der Waals surface area contributed by atoms with Crippen LogP contribution in [0, 0.1) is 5.92 Å². The maximum absolute atomic E-state index is 12.1. The topological polar surface area (TPSA) is 79.3 Å². The lowest BCUT2D eigenvalue weighted by atomic mass is 9.86. The predicted molar refractivity (Wildman–Crippen MR) is 77.1 cm³/mol. The fraction of sp³-hybridized carbons (Fsp3) is 0.643. The first-order valence-corrected chi connectivity index (χ1v) is 7.84. The zero-order valence-electron chi connectivity index (χ0n) is 11.8. The van der Waals surface area contributed by atoms with Crippen molar-refractivity contribution in [1.82, 2.24) is 10.3 Å². The third-order valence-corrected chi connectivity index (χ3v) is 4.81. The van der Waals surface area contributed by atoms with Crippen LogP contribution < -0.4 is 5.32 Å². The highest BCUT2D eigenvalue weighted by Gasteiger charge is 2.27. The second-order valence-corrected chi connectivity index (χ2v) is 6.48. The summed E-state index contributed by atoms with van der Waals surface area (Å²) in [4.78, 5) is 27.3. The molecule has 0 unspecified atom stereocenters. The zero-order valence-corrected chi connectivity index (χ0v) is 12.6. The first-order valence-electron chi connectivity index (χ1n) is 6.96. The summed E-state index contributed by atoms with van der Waals surface area (Å²) < 4.78 is 0. The van der Waals surface area contributed by atoms with Gasteiger partial charge >= 0.3 is 5.97 Å². The summed E-state index contributed by atoms with van der Waals surface area (Å²) in [6.45, 7) is 4.10. The van der Waals surface area contributed by atoms with E-state index >= 15 is 0 Å². The highest BCUT2D eigenvalue weighted by atomic mass is 32.1. The van der Waals surface area contributed by atoms with Gasteiger partial charge in [-0.05, 0) is 25.7 Å². The molecule has 6 heteroatoms. The number of hydrogen-bond donors (Lipinski definition) is 2. The van der Waals surface area contributed by atoms with Gasteiger partial charge in [-0.25, -0.2) is 4.98 Å². The molecule has 0 aliphatic heterocycles. The van der Waals surface area contributed by atoms with Crippen LogP contribution in [0.5, 0.6) is 0 Å². The lowest BCUT2D eigenvalue weighted by Gasteiger charge is -2.26. The van der Waals surface area contributed by atoms with Crippen molar-refractivity contribution in [2.75, 3.05) is 0 Å². The average Bonchev–Trinajstić information content (AvgIpc) is 2.89. The summed E-state index contributed by atoms with van der Waals surface area (Å²) in [5.74, 6) is -0.801. The van der Waals surface area contributed by atoms with E-state index in [-0.39, 0.29) is 17.9 Å². The van der Waals surface area contributed by atoms with E-state index in [0.29, 0.717) is 24.5 Å². The lowest BCUT2D eigenvalue weighted by Crippen LogP contribution is -2.38. The number of thiazole rings is 1. The number of carboxylic acid groups (broad SMARTS) is 1. The number of amides is 1. The summed E-state index contributed by atoms with van der Waals surface area (Å²) >= 11 is 1.50. The second kappa shape index (κ2) is 6.35. The Balaban J connectivity index is 1.87. The molecule has 0 aromatic carbocycles. The molecule has 1 amide bonds. The number of hydrogen-bond acceptors (Lipinski definition) is 4. The SMILES string of the molecule is CC(C)c1nc(C(=O)NC2CCC(C(=O)O)CC2)cs1. The fourth-order valence-electron chi connectivity index (χ4n) is 2.40. The van der Waals surface area contributed by atoms with Gasteiger partial charge < -0.3 is 10.4 Å². The lowest BCUT2D eigenvalue weighted by molar-refractivity contribution is -0.142. The number of nitrogens with one attached hydrogen (secondary N) is 1. The first kappa shape index (κ1) is 15.0. The van der Waals surface area contributed by atoms with E-state index in [9.17, 15) is 9.59 Å². The van der Waals surface area contributed by atoms with Gasteiger partial charge in [-0.1, -0.05) is 13.8 Å². The van der Waals surface area contributed by atoms with Crippen molar-refractivity contribution in [3.63, 3.8) is 0 Å². The maximum atomic E-state index is 12.1. The number of carbonyl (C=O) groups excluding carboxylic acids is 1. The molecule has 2 rings (SSSR count). The van der Waals surface area contributed by atoms with E-state index in [1.165, 1.54) is 11.3 Å². The molecule has 1 aliphatic rings. The van der Waals surface area contributed by atoms with Crippen molar-refractivity contribution in [3.05, 3.63) is 16.1 Å². The molecule has 1 aliphatic carbocycles. The molecule has 20 heavy (non-hydrogen) atoms. The molecule has 1 heterocycles. The number of aromatic nitrogens is 1. The number of rotatable bonds is 4. The van der Waals surface area contributed by atoms with Crippen molar-refractivity contribution in [2.24, 2.45) is 5.92 Å².